The van der Waals surface area contributed by atoms with Crippen LogP contribution in [0, 0.1) is 5.92 Å². The van der Waals surface area contributed by atoms with E-state index < -0.39 is 5.60 Å². The Morgan fingerprint density at radius 1 is 1.18 bits per heavy atom. The van der Waals surface area contributed by atoms with E-state index in [2.05, 4.69) is 19.1 Å². The molecule has 0 spiro atoms. The van der Waals surface area contributed by atoms with Gasteiger partial charge in [0.2, 0.25) is 0 Å². The Balaban J connectivity index is 2.20. The topological polar surface area (TPSA) is 38.7 Å². The van der Waals surface area contributed by atoms with Gasteiger partial charge in [-0.05, 0) is 38.2 Å². The van der Waals surface area contributed by atoms with Gasteiger partial charge in [-0.25, -0.2) is 0 Å². The van der Waals surface area contributed by atoms with Crippen LogP contribution < -0.4 is 0 Å². The molecule has 0 saturated heterocycles. The highest BCUT2D eigenvalue weighted by molar-refractivity contribution is 5.14. The lowest BCUT2D eigenvalue weighted by Crippen LogP contribution is -2.21. The SMILES string of the molecule is COC(CC(C)CCCC(C)(C)O)OCCc1ccccc1. The van der Waals surface area contributed by atoms with Crippen molar-refractivity contribution in [2.24, 2.45) is 5.92 Å². The molecule has 0 aliphatic carbocycles. The van der Waals surface area contributed by atoms with Gasteiger partial charge in [-0.3, -0.25) is 0 Å². The fraction of sp³-hybridized carbons (Fsp3) is 0.684. The zero-order chi connectivity index (χ0) is 16.4. The monoisotopic (exact) mass is 308 g/mol. The average molecular weight is 308 g/mol. The fourth-order valence-corrected chi connectivity index (χ4v) is 2.51. The Kier molecular flexibility index (Phi) is 8.69. The van der Waals surface area contributed by atoms with E-state index in [9.17, 15) is 5.11 Å². The first kappa shape index (κ1) is 19.1. The Hall–Kier alpha value is -0.900. The first-order valence-corrected chi connectivity index (χ1v) is 8.31. The minimum absolute atomic E-state index is 0.138. The fourth-order valence-electron chi connectivity index (χ4n) is 2.51. The van der Waals surface area contributed by atoms with Crippen molar-refractivity contribution >= 4 is 0 Å². The molecular weight excluding hydrogens is 276 g/mol. The van der Waals surface area contributed by atoms with Crippen molar-refractivity contribution in [1.82, 2.24) is 0 Å². The van der Waals surface area contributed by atoms with Crippen LogP contribution in [0.2, 0.25) is 0 Å². The van der Waals surface area contributed by atoms with E-state index >= 15 is 0 Å². The van der Waals surface area contributed by atoms with Crippen molar-refractivity contribution in [3.8, 4) is 0 Å². The van der Waals surface area contributed by atoms with Gasteiger partial charge in [0.1, 0.15) is 0 Å². The molecule has 0 amide bonds. The van der Waals surface area contributed by atoms with Gasteiger partial charge in [-0.1, -0.05) is 50.1 Å². The molecule has 0 radical (unpaired) electrons. The molecule has 0 heterocycles. The second-order valence-electron chi connectivity index (χ2n) is 6.82. The second-order valence-corrected chi connectivity index (χ2v) is 6.82. The molecule has 0 aromatic heterocycles. The first-order valence-electron chi connectivity index (χ1n) is 8.31. The van der Waals surface area contributed by atoms with Gasteiger partial charge in [-0.15, -0.1) is 0 Å². The maximum Gasteiger partial charge on any atom is 0.157 e. The molecule has 0 bridgehead atoms. The van der Waals surface area contributed by atoms with Crippen LogP contribution in [-0.4, -0.2) is 30.7 Å². The van der Waals surface area contributed by atoms with Crippen LogP contribution in [0.1, 0.15) is 52.0 Å². The van der Waals surface area contributed by atoms with Gasteiger partial charge in [0.25, 0.3) is 0 Å². The third-order valence-corrected chi connectivity index (χ3v) is 3.88. The normalized spacial score (nSPS) is 14.8. The zero-order valence-electron chi connectivity index (χ0n) is 14.5. The van der Waals surface area contributed by atoms with Crippen LogP contribution >= 0.6 is 0 Å². The van der Waals surface area contributed by atoms with Gasteiger partial charge in [-0.2, -0.15) is 0 Å². The standard InChI is InChI=1S/C19H32O3/c1-16(9-8-13-19(2,3)20)15-18(21-4)22-14-12-17-10-6-5-7-11-17/h5-7,10-11,16,18,20H,8-9,12-15H2,1-4H3. The van der Waals surface area contributed by atoms with Crippen LogP contribution in [-0.2, 0) is 15.9 Å². The second kappa shape index (κ2) is 9.98. The number of benzene rings is 1. The Bertz CT molecular complexity index is 383. The summed E-state index contributed by atoms with van der Waals surface area (Å²) >= 11 is 0. The van der Waals surface area contributed by atoms with Crippen LogP contribution in [0.15, 0.2) is 30.3 Å². The Morgan fingerprint density at radius 3 is 2.45 bits per heavy atom. The number of hydrogen-bond donors (Lipinski definition) is 1. The van der Waals surface area contributed by atoms with Crippen LogP contribution in [0.3, 0.4) is 0 Å². The summed E-state index contributed by atoms with van der Waals surface area (Å²) in [6.07, 6.45) is 4.63. The summed E-state index contributed by atoms with van der Waals surface area (Å²) in [6.45, 7) is 6.63. The Morgan fingerprint density at radius 2 is 1.86 bits per heavy atom. The summed E-state index contributed by atoms with van der Waals surface area (Å²) in [5, 5.41) is 9.73. The number of rotatable bonds is 11. The van der Waals surface area contributed by atoms with E-state index in [1.165, 1.54) is 5.56 Å². The van der Waals surface area contributed by atoms with Gasteiger partial charge >= 0.3 is 0 Å². The molecule has 22 heavy (non-hydrogen) atoms. The van der Waals surface area contributed by atoms with Crippen LogP contribution in [0.4, 0.5) is 0 Å². The lowest BCUT2D eigenvalue weighted by atomic mass is 9.95. The number of methoxy groups -OCH3 is 1. The van der Waals surface area contributed by atoms with Gasteiger partial charge in [0, 0.05) is 13.5 Å². The van der Waals surface area contributed by atoms with Crippen molar-refractivity contribution in [3.05, 3.63) is 35.9 Å². The average Bonchev–Trinajstić information content (AvgIpc) is 2.46. The smallest absolute Gasteiger partial charge is 0.157 e. The first-order chi connectivity index (χ1) is 10.4. The lowest BCUT2D eigenvalue weighted by Gasteiger charge is -2.22. The molecule has 0 saturated carbocycles. The van der Waals surface area contributed by atoms with Gasteiger partial charge in [0.05, 0.1) is 12.2 Å². The third kappa shape index (κ3) is 9.19. The summed E-state index contributed by atoms with van der Waals surface area (Å²) < 4.78 is 11.3. The number of hydrogen-bond acceptors (Lipinski definition) is 3. The molecule has 1 N–H and O–H groups in total. The molecule has 2 atom stereocenters. The molecule has 0 aliphatic heterocycles. The highest BCUT2D eigenvalue weighted by Crippen LogP contribution is 2.20. The maximum absolute atomic E-state index is 9.73. The van der Waals surface area contributed by atoms with E-state index in [4.69, 9.17) is 9.47 Å². The molecule has 3 nitrogen and oxygen atoms in total. The molecule has 1 aromatic rings. The largest absolute Gasteiger partial charge is 0.390 e. The predicted octanol–water partition coefficient (Wildman–Crippen LogP) is 4.19. The minimum Gasteiger partial charge on any atom is -0.390 e. The summed E-state index contributed by atoms with van der Waals surface area (Å²) in [5.41, 5.74) is 0.725. The van der Waals surface area contributed by atoms with Crippen LogP contribution in [0.25, 0.3) is 0 Å². The molecule has 0 fully saturated rings. The molecule has 0 aliphatic rings. The van der Waals surface area contributed by atoms with Crippen molar-refractivity contribution in [1.29, 1.82) is 0 Å². The van der Waals surface area contributed by atoms with E-state index in [1.807, 2.05) is 32.0 Å². The van der Waals surface area contributed by atoms with Crippen molar-refractivity contribution in [3.63, 3.8) is 0 Å². The third-order valence-electron chi connectivity index (χ3n) is 3.88. The lowest BCUT2D eigenvalue weighted by molar-refractivity contribution is -0.133. The zero-order valence-corrected chi connectivity index (χ0v) is 14.5. The van der Waals surface area contributed by atoms with Crippen molar-refractivity contribution < 1.29 is 14.6 Å². The maximum atomic E-state index is 9.73. The highest BCUT2D eigenvalue weighted by atomic mass is 16.7. The van der Waals surface area contributed by atoms with E-state index in [1.54, 1.807) is 7.11 Å². The minimum atomic E-state index is -0.563. The van der Waals surface area contributed by atoms with Crippen molar-refractivity contribution in [2.75, 3.05) is 13.7 Å². The molecule has 126 valence electrons. The van der Waals surface area contributed by atoms with Crippen LogP contribution in [0.5, 0.6) is 0 Å². The predicted molar refractivity (Wildman–Crippen MR) is 90.8 cm³/mol. The highest BCUT2D eigenvalue weighted by Gasteiger charge is 2.16. The summed E-state index contributed by atoms with van der Waals surface area (Å²) in [5.74, 6) is 0.532. The molecule has 2 unspecified atom stereocenters. The summed E-state index contributed by atoms with van der Waals surface area (Å²) in [7, 11) is 1.71. The summed E-state index contributed by atoms with van der Waals surface area (Å²) in [4.78, 5) is 0. The Labute approximate surface area is 135 Å². The number of aliphatic hydroxyl groups is 1. The summed E-state index contributed by atoms with van der Waals surface area (Å²) in [6, 6.07) is 10.4. The van der Waals surface area contributed by atoms with E-state index in [0.29, 0.717) is 12.5 Å². The quantitative estimate of drug-likeness (QED) is 0.623. The van der Waals surface area contributed by atoms with Gasteiger partial charge in [0.15, 0.2) is 6.29 Å². The molecule has 1 aromatic carbocycles. The van der Waals surface area contributed by atoms with Gasteiger partial charge < -0.3 is 14.6 Å². The van der Waals surface area contributed by atoms with Crippen molar-refractivity contribution in [2.45, 2.75) is 64.8 Å². The number of ether oxygens (including phenoxy) is 2. The van der Waals surface area contributed by atoms with E-state index in [-0.39, 0.29) is 6.29 Å². The molecule has 3 heteroatoms. The molecular formula is C19H32O3. The van der Waals surface area contributed by atoms with E-state index in [0.717, 1.165) is 32.1 Å². The molecule has 1 rings (SSSR count).